The van der Waals surface area contributed by atoms with Crippen molar-refractivity contribution in [1.82, 2.24) is 90.1 Å². The van der Waals surface area contributed by atoms with Crippen LogP contribution in [0.15, 0.2) is 30.5 Å². The number of hydrogen-bond donors (Lipinski definition) is 21. The van der Waals surface area contributed by atoms with Crippen molar-refractivity contribution in [3.05, 3.63) is 36.0 Å². The third-order valence-electron chi connectivity index (χ3n) is 22.9. The van der Waals surface area contributed by atoms with Gasteiger partial charge in [-0.15, -0.1) is 0 Å². The van der Waals surface area contributed by atoms with Crippen LogP contribution in [-0.2, 0) is 113 Å². The second kappa shape index (κ2) is 50.7. The predicted octanol–water partition coefficient (Wildman–Crippen LogP) is -4.21. The lowest BCUT2D eigenvalue weighted by atomic mass is 9.84. The standard InChI is InChI=1S/C83H126N18O24S4/c1-15-39(9)47-26-59(104)66-42(12)127-33-54-58(103)24-41(11)69(109)95-57(83(123)124)35-129(125)44(14)68(82(122)98-64(38(7)8)79(119)99-65(40(10)16-2)80(120)92-54)96-61(106)29-87-73(113)56(93-74(114)50(89-70(47)110)21-22-62(107)108)34-128-43(13)67(81(121)90-51(23-36(3)4)75(115)100-66)101-77(117)55-32-126-31-48(84)71(111)91-53(30-102)72(112)86-28-60(105)88-52(76(116)97-63(37(5)6)78(118)94-55)25-45-27-85-49-20-18-17-19-46(45)49/h17-20,27,36-44,47-48,50-57,63-68,85,102H,15-16,21-26,28-35,84H2,1-14H3,(H,86,112)(H,87,113)(H,88,105)(H,89,110)(H,90,121)(H,91,111)(H,92,120)(H,93,114)(H,94,118)(H,95,109)(H,96,106)(H,97,116)(H,98,122)(H,99,119)(H,100,115)(H,101,117)(H,107,108)(H,123,124)/t39?,40?,41-,42+,43+,44+,47+,48+,50+,51+,52+,53+,54+,55-,56+,57+,63+,64+,65+,66-,67-,68+,129?/m1/s1. The van der Waals surface area contributed by atoms with Crippen LogP contribution in [0.5, 0.6) is 0 Å². The number of para-hydroxylation sites is 1. The number of aliphatic carboxylic acids is 2. The molecule has 46 heteroatoms. The number of carbonyl (C=O) groups is 20. The van der Waals surface area contributed by atoms with Gasteiger partial charge in [-0.05, 0) is 61.0 Å². The van der Waals surface area contributed by atoms with Gasteiger partial charge in [-0.25, -0.2) is 4.79 Å². The summed E-state index contributed by atoms with van der Waals surface area (Å²) in [4.78, 5) is 297. The van der Waals surface area contributed by atoms with Gasteiger partial charge in [-0.2, -0.15) is 35.3 Å². The predicted molar refractivity (Wildman–Crippen MR) is 478 cm³/mol. The highest BCUT2D eigenvalue weighted by atomic mass is 32.2. The summed E-state index contributed by atoms with van der Waals surface area (Å²) in [5, 5.41) is 68.0. The quantitative estimate of drug-likeness (QED) is 0.0668. The van der Waals surface area contributed by atoms with E-state index >= 15 is 47.9 Å². The SMILES string of the molecule is CCC(C)[C@@H]1CC(=O)[C@@H]2NC(=O)[C@H](CC(C)C)NC(=O)[C@H](NC(=O)[C@H]3CSC[C@H](N)C(=O)N[C@@H](CO)C(=O)NCC(=O)N[C@@H](Cc4c[nH]c5ccccc45)C(=O)N[C@@H](C(C)C)C(=O)N3)[C@H](C)SC[C@H](NC(=O)[C@H](CCC(=O)O)NC1=O)C(=O)NCC(=O)N[C@@H]1C(=O)N[C@@H](C(C)C)C(=O)N[C@@H](C(C)CC)C(=O)N[C@@H](CS[C@H]2C)C(=O)C[C@@H](C)C(=O)N[C@H](C(=O)O)CS(=O)[C@H]1C. The first-order valence-electron chi connectivity index (χ1n) is 43.1. The third-order valence-corrected chi connectivity index (χ3v) is 28.5. The Morgan fingerprint density at radius 1 is 0.519 bits per heavy atom. The Bertz CT molecular complexity index is 4460. The number of Topliss-reactive ketones (excluding diaryl/α,β-unsaturated/α-hetero) is 2. The van der Waals surface area contributed by atoms with E-state index in [1.54, 1.807) is 85.9 Å². The van der Waals surface area contributed by atoms with E-state index in [2.05, 4.69) is 90.1 Å². The van der Waals surface area contributed by atoms with Gasteiger partial charge in [0.1, 0.15) is 72.5 Å². The van der Waals surface area contributed by atoms with E-state index in [0.29, 0.717) is 28.2 Å². The maximum Gasteiger partial charge on any atom is 0.327 e. The zero-order valence-corrected chi connectivity index (χ0v) is 78.0. The Kier molecular flexibility index (Phi) is 42.3. The molecule has 1 aromatic carbocycles. The normalized spacial score (nSPS) is 30.5. The third kappa shape index (κ3) is 31.8. The molecule has 2 aromatic rings. The van der Waals surface area contributed by atoms with E-state index in [9.17, 15) is 67.5 Å². The molecule has 4 aliphatic heterocycles. The van der Waals surface area contributed by atoms with Crippen LogP contribution in [0.25, 0.3) is 10.9 Å². The molecular formula is C83H126N18O24S4. The maximum atomic E-state index is 15.9. The number of hydrogen-bond acceptors (Lipinski definition) is 26. The van der Waals surface area contributed by atoms with Crippen molar-refractivity contribution in [2.24, 2.45) is 47.2 Å². The number of carboxylic acids is 2. The van der Waals surface area contributed by atoms with Crippen molar-refractivity contribution >= 4 is 175 Å². The number of ketones is 2. The highest BCUT2D eigenvalue weighted by Gasteiger charge is 2.45. The van der Waals surface area contributed by atoms with Crippen molar-refractivity contribution in [3.63, 3.8) is 0 Å². The van der Waals surface area contributed by atoms with Gasteiger partial charge in [-0.3, -0.25) is 95.3 Å². The topological polar surface area (TPSA) is 653 Å². The average Bonchev–Trinajstić information content (AvgIpc) is 1.73. The van der Waals surface area contributed by atoms with Crippen LogP contribution < -0.4 is 90.8 Å². The number of aromatic nitrogens is 1. The highest BCUT2D eigenvalue weighted by Crippen LogP contribution is 2.28. The van der Waals surface area contributed by atoms with Gasteiger partial charge in [-0.1, -0.05) is 121 Å². The summed E-state index contributed by atoms with van der Waals surface area (Å²) in [7, 11) is -2.57. The van der Waals surface area contributed by atoms with E-state index in [4.69, 9.17) is 5.73 Å². The number of aliphatic hydroxyl groups excluding tert-OH is 1. The molecule has 5 heterocycles. The number of carbonyl (C=O) groups excluding carboxylic acids is 18. The fraction of sp³-hybridized carbons (Fsp3) is 0.663. The van der Waals surface area contributed by atoms with E-state index in [-0.39, 0.29) is 25.7 Å². The summed E-state index contributed by atoms with van der Waals surface area (Å²) in [5.74, 6) is -32.1. The summed E-state index contributed by atoms with van der Waals surface area (Å²) < 4.78 is 14.6. The molecule has 129 heavy (non-hydrogen) atoms. The molecule has 0 saturated carbocycles. The van der Waals surface area contributed by atoms with Gasteiger partial charge >= 0.3 is 11.9 Å². The number of amides is 16. The number of rotatable bonds is 17. The minimum Gasteiger partial charge on any atom is -0.481 e. The summed E-state index contributed by atoms with van der Waals surface area (Å²) in [6.45, 7) is 18.2. The van der Waals surface area contributed by atoms with Gasteiger partial charge in [0, 0.05) is 98.9 Å². The number of benzene rings is 1. The number of thioether (sulfide) groups is 3. The van der Waals surface area contributed by atoms with Crippen molar-refractivity contribution < 1.29 is 115 Å². The average molecular weight is 1890 g/mol. The van der Waals surface area contributed by atoms with E-state index in [0.717, 1.165) is 30.4 Å². The molecule has 4 bridgehead atoms. The highest BCUT2D eigenvalue weighted by molar-refractivity contribution is 8.00. The summed E-state index contributed by atoms with van der Waals surface area (Å²) in [6.07, 6.45) is -1.53. The number of aromatic amines is 1. The second-order valence-corrected chi connectivity index (χ2v) is 39.9. The zero-order chi connectivity index (χ0) is 96.3. The molecule has 716 valence electrons. The van der Waals surface area contributed by atoms with Crippen molar-refractivity contribution in [2.45, 2.75) is 255 Å². The van der Waals surface area contributed by atoms with E-state index < -0.39 is 351 Å². The number of nitrogens with two attached hydrogens (primary N) is 1. The minimum absolute atomic E-state index is 0.166. The molecule has 3 unspecified atom stereocenters. The number of fused-ring (bicyclic) bond motifs is 19. The molecule has 1 aromatic heterocycles. The lowest BCUT2D eigenvalue weighted by molar-refractivity contribution is -0.142. The lowest BCUT2D eigenvalue weighted by Gasteiger charge is -2.32. The van der Waals surface area contributed by atoms with Crippen LogP contribution in [0.1, 0.15) is 147 Å². The Balaban J connectivity index is 1.62. The lowest BCUT2D eigenvalue weighted by Crippen LogP contribution is -2.62. The van der Waals surface area contributed by atoms with Crippen LogP contribution in [0.2, 0.25) is 0 Å². The van der Waals surface area contributed by atoms with Crippen LogP contribution >= 0.6 is 35.3 Å². The molecular weight excluding hydrogens is 1760 g/mol. The largest absolute Gasteiger partial charge is 0.481 e. The van der Waals surface area contributed by atoms with Gasteiger partial charge < -0.3 is 111 Å². The van der Waals surface area contributed by atoms with Crippen molar-refractivity contribution in [1.29, 1.82) is 0 Å². The molecule has 42 nitrogen and oxygen atoms in total. The van der Waals surface area contributed by atoms with Gasteiger partial charge in [0.25, 0.3) is 0 Å². The zero-order valence-electron chi connectivity index (χ0n) is 74.8. The Morgan fingerprint density at radius 3 is 1.69 bits per heavy atom. The molecule has 0 aliphatic carbocycles. The Morgan fingerprint density at radius 2 is 1.07 bits per heavy atom. The molecule has 6 rings (SSSR count). The Labute approximate surface area is 762 Å². The van der Waals surface area contributed by atoms with Crippen LogP contribution in [0.3, 0.4) is 0 Å². The minimum atomic E-state index is -2.57. The fourth-order valence-corrected chi connectivity index (χ4v) is 19.1. The smallest absolute Gasteiger partial charge is 0.327 e. The first-order valence-corrected chi connectivity index (χ1v) is 47.7. The van der Waals surface area contributed by atoms with Crippen molar-refractivity contribution in [3.8, 4) is 0 Å². The number of nitrogens with one attached hydrogen (secondary N) is 17. The number of aliphatic hydroxyl groups is 1. The van der Waals surface area contributed by atoms with E-state index in [1.165, 1.54) is 34.6 Å². The summed E-state index contributed by atoms with van der Waals surface area (Å²) in [6, 6.07) is -19.3. The van der Waals surface area contributed by atoms with Crippen LogP contribution in [-0.4, -0.2) is 297 Å². The van der Waals surface area contributed by atoms with Gasteiger partial charge in [0.05, 0.1) is 48.8 Å². The summed E-state index contributed by atoms with van der Waals surface area (Å²) in [5.41, 5.74) is 7.55. The molecule has 23 atom stereocenters. The van der Waals surface area contributed by atoms with Crippen LogP contribution in [0, 0.1) is 41.4 Å². The monoisotopic (exact) mass is 1890 g/mol. The first kappa shape index (κ1) is 107. The molecule has 4 saturated heterocycles. The second-order valence-electron chi connectivity index (χ2n) is 34.2. The fourth-order valence-electron chi connectivity index (χ4n) is 14.4. The molecule has 22 N–H and O–H groups in total. The molecule has 4 aliphatic rings. The molecule has 16 amide bonds. The van der Waals surface area contributed by atoms with E-state index in [1.807, 2.05) is 0 Å². The maximum absolute atomic E-state index is 15.9. The molecule has 0 spiro atoms. The van der Waals surface area contributed by atoms with Crippen LogP contribution in [0.4, 0.5) is 0 Å². The van der Waals surface area contributed by atoms with Crippen molar-refractivity contribution in [2.75, 3.05) is 48.5 Å². The number of carboxylic acid groups (broad SMARTS) is 2. The summed E-state index contributed by atoms with van der Waals surface area (Å²) >= 11 is 2.23. The Hall–Kier alpha value is -10.3. The molecule has 0 radical (unpaired) electrons. The molecule has 4 fully saturated rings. The van der Waals surface area contributed by atoms with Gasteiger partial charge in [0.15, 0.2) is 11.6 Å². The van der Waals surface area contributed by atoms with Gasteiger partial charge in [0.2, 0.25) is 94.5 Å². The first-order chi connectivity index (χ1) is 60.7. The number of H-pyrrole nitrogens is 1.